The van der Waals surface area contributed by atoms with Crippen LogP contribution in [0.3, 0.4) is 0 Å². The SMILES string of the molecule is CCNC(=O)[C@H](C)NC(=O)COC(=O)c1ccc2nc(C)c(C)nc2c1. The van der Waals surface area contributed by atoms with E-state index in [0.29, 0.717) is 17.6 Å². The van der Waals surface area contributed by atoms with Crippen molar-refractivity contribution in [2.45, 2.75) is 33.7 Å². The fourth-order valence-electron chi connectivity index (χ4n) is 2.25. The number of hydrogen-bond acceptors (Lipinski definition) is 6. The molecule has 26 heavy (non-hydrogen) atoms. The number of carbonyl (C=O) groups excluding carboxylic acids is 3. The molecule has 138 valence electrons. The van der Waals surface area contributed by atoms with E-state index in [4.69, 9.17) is 4.74 Å². The number of rotatable bonds is 6. The Kier molecular flexibility index (Phi) is 6.21. The predicted octanol–water partition coefficient (Wildman–Crippen LogP) is 1.04. The molecule has 8 heteroatoms. The standard InChI is InChI=1S/C18H22N4O4/c1-5-19-17(24)12(4)22-16(23)9-26-18(25)13-6-7-14-15(8-13)21-11(3)10(2)20-14/h6-8,12H,5,9H2,1-4H3,(H,19,24)(H,22,23)/t12-/m0/s1. The molecule has 2 amide bonds. The van der Waals surface area contributed by atoms with E-state index in [1.165, 1.54) is 0 Å². The first-order chi connectivity index (χ1) is 12.3. The lowest BCUT2D eigenvalue weighted by atomic mass is 10.2. The van der Waals surface area contributed by atoms with Gasteiger partial charge in [0.1, 0.15) is 6.04 Å². The summed E-state index contributed by atoms with van der Waals surface area (Å²) in [5, 5.41) is 5.06. The van der Waals surface area contributed by atoms with Gasteiger partial charge in [-0.1, -0.05) is 0 Å². The second-order valence-electron chi connectivity index (χ2n) is 5.86. The van der Waals surface area contributed by atoms with Crippen LogP contribution in [0.1, 0.15) is 35.6 Å². The molecule has 2 N–H and O–H groups in total. The molecular weight excluding hydrogens is 336 g/mol. The molecule has 0 saturated carbocycles. The molecule has 2 aromatic rings. The summed E-state index contributed by atoms with van der Waals surface area (Å²) in [6.07, 6.45) is 0. The third-order valence-electron chi connectivity index (χ3n) is 3.77. The van der Waals surface area contributed by atoms with Crippen molar-refractivity contribution in [2.24, 2.45) is 0 Å². The van der Waals surface area contributed by atoms with Gasteiger partial charge in [0.25, 0.3) is 5.91 Å². The van der Waals surface area contributed by atoms with Crippen molar-refractivity contribution < 1.29 is 19.1 Å². The summed E-state index contributed by atoms with van der Waals surface area (Å²) < 4.78 is 5.00. The van der Waals surface area contributed by atoms with Crippen LogP contribution in [0.4, 0.5) is 0 Å². The summed E-state index contributed by atoms with van der Waals surface area (Å²) in [6.45, 7) is 7.04. The van der Waals surface area contributed by atoms with Gasteiger partial charge in [0.15, 0.2) is 6.61 Å². The molecule has 0 fully saturated rings. The molecule has 0 spiro atoms. The van der Waals surface area contributed by atoms with Crippen LogP contribution in [0.5, 0.6) is 0 Å². The fourth-order valence-corrected chi connectivity index (χ4v) is 2.25. The van der Waals surface area contributed by atoms with E-state index >= 15 is 0 Å². The lowest BCUT2D eigenvalue weighted by Gasteiger charge is -2.13. The van der Waals surface area contributed by atoms with Gasteiger partial charge in [0, 0.05) is 6.54 Å². The van der Waals surface area contributed by atoms with E-state index in [0.717, 1.165) is 11.4 Å². The Morgan fingerprint density at radius 1 is 1.12 bits per heavy atom. The Hall–Kier alpha value is -3.03. The van der Waals surface area contributed by atoms with E-state index in [9.17, 15) is 14.4 Å². The Morgan fingerprint density at radius 3 is 2.42 bits per heavy atom. The molecule has 0 radical (unpaired) electrons. The summed E-state index contributed by atoms with van der Waals surface area (Å²) in [7, 11) is 0. The van der Waals surface area contributed by atoms with Crippen LogP contribution in [0.15, 0.2) is 18.2 Å². The van der Waals surface area contributed by atoms with Crippen LogP contribution >= 0.6 is 0 Å². The van der Waals surface area contributed by atoms with Gasteiger partial charge in [0.2, 0.25) is 5.91 Å². The highest BCUT2D eigenvalue weighted by atomic mass is 16.5. The zero-order valence-corrected chi connectivity index (χ0v) is 15.3. The number of fused-ring (bicyclic) bond motifs is 1. The van der Waals surface area contributed by atoms with E-state index in [-0.39, 0.29) is 11.5 Å². The molecule has 0 bridgehead atoms. The number of benzene rings is 1. The van der Waals surface area contributed by atoms with Crippen molar-refractivity contribution >= 4 is 28.8 Å². The van der Waals surface area contributed by atoms with Gasteiger partial charge in [-0.25, -0.2) is 14.8 Å². The molecule has 1 aromatic heterocycles. The highest BCUT2D eigenvalue weighted by Gasteiger charge is 2.17. The Labute approximate surface area is 151 Å². The average molecular weight is 358 g/mol. The normalized spacial score (nSPS) is 11.7. The summed E-state index contributed by atoms with van der Waals surface area (Å²) in [4.78, 5) is 44.3. The molecule has 0 aliphatic rings. The third kappa shape index (κ3) is 4.75. The summed E-state index contributed by atoms with van der Waals surface area (Å²) in [6, 6.07) is 4.13. The van der Waals surface area contributed by atoms with Crippen molar-refractivity contribution in [2.75, 3.05) is 13.2 Å². The Morgan fingerprint density at radius 2 is 1.77 bits per heavy atom. The number of aromatic nitrogens is 2. The number of carbonyl (C=O) groups is 3. The van der Waals surface area contributed by atoms with Crippen LogP contribution < -0.4 is 10.6 Å². The minimum absolute atomic E-state index is 0.277. The van der Waals surface area contributed by atoms with Crippen molar-refractivity contribution in [3.8, 4) is 0 Å². The van der Waals surface area contributed by atoms with Gasteiger partial charge < -0.3 is 15.4 Å². The Balaban J connectivity index is 1.97. The van der Waals surface area contributed by atoms with Gasteiger partial charge >= 0.3 is 5.97 Å². The first kappa shape index (κ1) is 19.3. The molecule has 0 aliphatic heterocycles. The molecule has 1 heterocycles. The van der Waals surface area contributed by atoms with Crippen LogP contribution in [-0.4, -0.2) is 46.9 Å². The number of nitrogens with one attached hydrogen (secondary N) is 2. The van der Waals surface area contributed by atoms with Crippen molar-refractivity contribution in [1.82, 2.24) is 20.6 Å². The zero-order chi connectivity index (χ0) is 19.3. The number of likely N-dealkylation sites (N-methyl/N-ethyl adjacent to an activating group) is 1. The molecule has 1 atom stereocenters. The fraction of sp³-hybridized carbons (Fsp3) is 0.389. The maximum atomic E-state index is 12.1. The quantitative estimate of drug-likeness (QED) is 0.747. The number of hydrogen-bond donors (Lipinski definition) is 2. The first-order valence-corrected chi connectivity index (χ1v) is 8.31. The monoisotopic (exact) mass is 358 g/mol. The zero-order valence-electron chi connectivity index (χ0n) is 15.3. The molecule has 2 rings (SSSR count). The number of esters is 1. The lowest BCUT2D eigenvalue weighted by Crippen LogP contribution is -2.46. The van der Waals surface area contributed by atoms with Crippen LogP contribution in [-0.2, 0) is 14.3 Å². The van der Waals surface area contributed by atoms with Gasteiger partial charge in [-0.05, 0) is 45.9 Å². The highest BCUT2D eigenvalue weighted by Crippen LogP contribution is 2.15. The third-order valence-corrected chi connectivity index (χ3v) is 3.77. The van der Waals surface area contributed by atoms with Gasteiger partial charge in [-0.15, -0.1) is 0 Å². The van der Waals surface area contributed by atoms with Crippen molar-refractivity contribution in [3.63, 3.8) is 0 Å². The second kappa shape index (κ2) is 8.37. The van der Waals surface area contributed by atoms with Crippen molar-refractivity contribution in [3.05, 3.63) is 35.2 Å². The largest absolute Gasteiger partial charge is 0.452 e. The number of nitrogens with zero attached hydrogens (tertiary/aromatic N) is 2. The highest BCUT2D eigenvalue weighted by molar-refractivity contribution is 5.95. The topological polar surface area (TPSA) is 110 Å². The van der Waals surface area contributed by atoms with Crippen LogP contribution in [0.25, 0.3) is 11.0 Å². The summed E-state index contributed by atoms with van der Waals surface area (Å²) in [5.74, 6) is -1.50. The van der Waals surface area contributed by atoms with Crippen LogP contribution in [0, 0.1) is 13.8 Å². The van der Waals surface area contributed by atoms with Gasteiger partial charge in [-0.2, -0.15) is 0 Å². The maximum Gasteiger partial charge on any atom is 0.338 e. The van der Waals surface area contributed by atoms with E-state index < -0.39 is 24.5 Å². The van der Waals surface area contributed by atoms with Crippen LogP contribution in [0.2, 0.25) is 0 Å². The van der Waals surface area contributed by atoms with E-state index in [1.807, 2.05) is 13.8 Å². The molecule has 0 saturated heterocycles. The molecule has 0 unspecified atom stereocenters. The minimum atomic E-state index is -0.705. The number of ether oxygens (including phenoxy) is 1. The average Bonchev–Trinajstić information content (AvgIpc) is 2.60. The maximum absolute atomic E-state index is 12.1. The van der Waals surface area contributed by atoms with E-state index in [1.54, 1.807) is 32.0 Å². The van der Waals surface area contributed by atoms with Gasteiger partial charge in [0.05, 0.1) is 28.0 Å². The van der Waals surface area contributed by atoms with Gasteiger partial charge in [-0.3, -0.25) is 9.59 Å². The lowest BCUT2D eigenvalue weighted by molar-refractivity contribution is -0.130. The summed E-state index contributed by atoms with van der Waals surface area (Å²) >= 11 is 0. The van der Waals surface area contributed by atoms with Crippen molar-refractivity contribution in [1.29, 1.82) is 0 Å². The second-order valence-corrected chi connectivity index (χ2v) is 5.86. The Bertz CT molecular complexity index is 850. The number of amides is 2. The summed E-state index contributed by atoms with van der Waals surface area (Å²) in [5.41, 5.74) is 3.14. The van der Waals surface area contributed by atoms with E-state index in [2.05, 4.69) is 20.6 Å². The molecule has 8 nitrogen and oxygen atoms in total. The predicted molar refractivity (Wildman–Crippen MR) is 95.6 cm³/mol. The molecular formula is C18H22N4O4. The number of aryl methyl sites for hydroxylation is 2. The smallest absolute Gasteiger partial charge is 0.338 e. The molecule has 0 aliphatic carbocycles. The minimum Gasteiger partial charge on any atom is -0.452 e. The molecule has 1 aromatic carbocycles. The first-order valence-electron chi connectivity index (χ1n) is 8.31.